The van der Waals surface area contributed by atoms with Crippen molar-refractivity contribution < 1.29 is 9.53 Å². The number of ketones is 1. The number of carbonyl (C=O) groups is 1. The zero-order valence-electron chi connectivity index (χ0n) is 15.4. The first-order valence-corrected chi connectivity index (χ1v) is 10.2. The van der Waals surface area contributed by atoms with E-state index in [1.165, 1.54) is 17.3 Å². The molecule has 0 atom stereocenters. The van der Waals surface area contributed by atoms with Gasteiger partial charge in [0.25, 0.3) is 0 Å². The van der Waals surface area contributed by atoms with Gasteiger partial charge in [-0.2, -0.15) is 0 Å². The summed E-state index contributed by atoms with van der Waals surface area (Å²) in [7, 11) is 1.88. The van der Waals surface area contributed by atoms with Crippen LogP contribution >= 0.6 is 27.7 Å². The van der Waals surface area contributed by atoms with Crippen molar-refractivity contribution in [1.82, 2.24) is 14.8 Å². The van der Waals surface area contributed by atoms with Gasteiger partial charge in [0.1, 0.15) is 12.4 Å². The van der Waals surface area contributed by atoms with E-state index < -0.39 is 0 Å². The number of nitrogens with zero attached hydrogens (tertiary/aromatic N) is 3. The molecule has 3 rings (SSSR count). The Hall–Kier alpha value is -2.12. The van der Waals surface area contributed by atoms with E-state index in [0.29, 0.717) is 28.9 Å². The number of rotatable bonds is 7. The van der Waals surface area contributed by atoms with Gasteiger partial charge in [-0.05, 0) is 37.6 Å². The summed E-state index contributed by atoms with van der Waals surface area (Å²) >= 11 is 4.75. The summed E-state index contributed by atoms with van der Waals surface area (Å²) < 4.78 is 8.69. The minimum atomic E-state index is 0.0589. The van der Waals surface area contributed by atoms with Crippen LogP contribution in [0.15, 0.2) is 52.1 Å². The third-order valence-electron chi connectivity index (χ3n) is 4.11. The van der Waals surface area contributed by atoms with Crippen LogP contribution < -0.4 is 4.74 Å². The lowest BCUT2D eigenvalue weighted by atomic mass is 10.1. The van der Waals surface area contributed by atoms with E-state index in [1.54, 1.807) is 0 Å². The Balaban J connectivity index is 1.59. The van der Waals surface area contributed by atoms with Crippen molar-refractivity contribution in [1.29, 1.82) is 0 Å². The van der Waals surface area contributed by atoms with E-state index in [4.69, 9.17) is 4.74 Å². The second kappa shape index (κ2) is 8.71. The molecule has 0 saturated carbocycles. The van der Waals surface area contributed by atoms with E-state index in [1.807, 2.05) is 54.9 Å². The van der Waals surface area contributed by atoms with Gasteiger partial charge in [0.2, 0.25) is 0 Å². The Morgan fingerprint density at radius 3 is 2.59 bits per heavy atom. The highest BCUT2D eigenvalue weighted by Crippen LogP contribution is 2.22. The van der Waals surface area contributed by atoms with Gasteiger partial charge in [-0.25, -0.2) is 0 Å². The summed E-state index contributed by atoms with van der Waals surface area (Å²) in [4.78, 5) is 12.3. The van der Waals surface area contributed by atoms with E-state index >= 15 is 0 Å². The van der Waals surface area contributed by atoms with Crippen molar-refractivity contribution in [3.63, 3.8) is 0 Å². The summed E-state index contributed by atoms with van der Waals surface area (Å²) in [6.07, 6.45) is 0. The molecule has 0 bridgehead atoms. The monoisotopic (exact) mass is 445 g/mol. The molecule has 0 aliphatic heterocycles. The van der Waals surface area contributed by atoms with E-state index in [-0.39, 0.29) is 5.78 Å². The van der Waals surface area contributed by atoms with Gasteiger partial charge in [0, 0.05) is 17.1 Å². The molecule has 5 nitrogen and oxygen atoms in total. The molecule has 0 unspecified atom stereocenters. The number of ether oxygens (including phenoxy) is 1. The molecule has 0 amide bonds. The maximum atomic E-state index is 12.3. The fourth-order valence-corrected chi connectivity index (χ4v) is 3.64. The first kappa shape index (κ1) is 19.6. The van der Waals surface area contributed by atoms with Crippen molar-refractivity contribution in [3.05, 3.63) is 69.5 Å². The van der Waals surface area contributed by atoms with Gasteiger partial charge in [0.05, 0.1) is 5.75 Å². The summed E-state index contributed by atoms with van der Waals surface area (Å²) in [5, 5.41) is 9.06. The fraction of sp³-hybridized carbons (Fsp3) is 0.250. The average Bonchev–Trinajstić information content (AvgIpc) is 2.99. The highest BCUT2D eigenvalue weighted by Gasteiger charge is 2.13. The molecule has 1 heterocycles. The number of halogens is 1. The Kier molecular flexibility index (Phi) is 6.34. The number of hydrogen-bond acceptors (Lipinski definition) is 5. The lowest BCUT2D eigenvalue weighted by Crippen LogP contribution is -2.06. The van der Waals surface area contributed by atoms with Crippen molar-refractivity contribution in [2.24, 2.45) is 7.05 Å². The average molecular weight is 446 g/mol. The van der Waals surface area contributed by atoms with Crippen LogP contribution in [-0.2, 0) is 13.7 Å². The molecule has 140 valence electrons. The molecule has 0 spiro atoms. The van der Waals surface area contributed by atoms with Gasteiger partial charge in [-0.3, -0.25) is 4.79 Å². The lowest BCUT2D eigenvalue weighted by Gasteiger charge is -2.09. The van der Waals surface area contributed by atoms with Crippen LogP contribution in [0.25, 0.3) is 0 Å². The third-order valence-corrected chi connectivity index (χ3v) is 5.66. The van der Waals surface area contributed by atoms with Gasteiger partial charge in [-0.15, -0.1) is 10.2 Å². The maximum absolute atomic E-state index is 12.3. The molecule has 3 aromatic rings. The normalized spacial score (nSPS) is 10.8. The maximum Gasteiger partial charge on any atom is 0.191 e. The van der Waals surface area contributed by atoms with Gasteiger partial charge in [0.15, 0.2) is 16.8 Å². The van der Waals surface area contributed by atoms with Crippen LogP contribution in [0.2, 0.25) is 0 Å². The van der Waals surface area contributed by atoms with Crippen LogP contribution in [0.3, 0.4) is 0 Å². The number of benzene rings is 2. The summed E-state index contributed by atoms with van der Waals surface area (Å²) in [6.45, 7) is 4.40. The molecular formula is C20H20BrN3O2S. The number of hydrogen-bond donors (Lipinski definition) is 0. The van der Waals surface area contributed by atoms with Crippen molar-refractivity contribution >= 4 is 33.5 Å². The van der Waals surface area contributed by atoms with Gasteiger partial charge in [-0.1, -0.05) is 57.5 Å². The second-order valence-electron chi connectivity index (χ2n) is 6.23. The van der Waals surface area contributed by atoms with Crippen molar-refractivity contribution in [3.8, 4) is 5.75 Å². The van der Waals surface area contributed by atoms with E-state index in [9.17, 15) is 4.79 Å². The Labute approximate surface area is 171 Å². The van der Waals surface area contributed by atoms with Crippen LogP contribution in [0, 0.1) is 13.8 Å². The van der Waals surface area contributed by atoms with Gasteiger partial charge >= 0.3 is 0 Å². The van der Waals surface area contributed by atoms with Crippen LogP contribution in [0.1, 0.15) is 27.3 Å². The Bertz CT molecular complexity index is 954. The molecule has 7 heteroatoms. The van der Waals surface area contributed by atoms with E-state index in [2.05, 4.69) is 39.1 Å². The molecule has 0 aliphatic rings. The number of aromatic nitrogens is 3. The molecule has 0 aliphatic carbocycles. The first-order chi connectivity index (χ1) is 12.9. The molecule has 0 radical (unpaired) electrons. The van der Waals surface area contributed by atoms with Crippen LogP contribution in [0.4, 0.5) is 0 Å². The fourth-order valence-electron chi connectivity index (χ4n) is 2.55. The predicted octanol–water partition coefficient (Wildman–Crippen LogP) is 4.75. The Morgan fingerprint density at radius 2 is 1.89 bits per heavy atom. The largest absolute Gasteiger partial charge is 0.485 e. The summed E-state index contributed by atoms with van der Waals surface area (Å²) in [5.74, 6) is 1.92. The molecule has 2 aromatic carbocycles. The van der Waals surface area contributed by atoms with Crippen molar-refractivity contribution in [2.75, 3.05) is 5.75 Å². The highest BCUT2D eigenvalue weighted by atomic mass is 79.9. The molecule has 27 heavy (non-hydrogen) atoms. The molecule has 0 saturated heterocycles. The summed E-state index contributed by atoms with van der Waals surface area (Å²) in [6, 6.07) is 13.4. The highest BCUT2D eigenvalue weighted by molar-refractivity contribution is 9.10. The molecule has 1 aromatic heterocycles. The van der Waals surface area contributed by atoms with Crippen LogP contribution in [-0.4, -0.2) is 26.3 Å². The number of Topliss-reactive ketones (excluding diaryl/α,β-unsaturated/α-hetero) is 1. The number of thioether (sulfide) groups is 1. The smallest absolute Gasteiger partial charge is 0.191 e. The number of carbonyl (C=O) groups excluding carboxylic acids is 1. The first-order valence-electron chi connectivity index (χ1n) is 8.44. The topological polar surface area (TPSA) is 57.0 Å². The summed E-state index contributed by atoms with van der Waals surface area (Å²) in [5.41, 5.74) is 2.98. The predicted molar refractivity (Wildman–Crippen MR) is 110 cm³/mol. The second-order valence-corrected chi connectivity index (χ2v) is 8.09. The SMILES string of the molecule is Cc1ccc(OCc2nnc(SCC(=O)c3ccc(Br)cc3)n2C)c(C)c1. The minimum absolute atomic E-state index is 0.0589. The van der Waals surface area contributed by atoms with Crippen LogP contribution in [0.5, 0.6) is 5.75 Å². The number of aryl methyl sites for hydroxylation is 2. The third kappa shape index (κ3) is 4.99. The van der Waals surface area contributed by atoms with E-state index in [0.717, 1.165) is 15.8 Å². The zero-order chi connectivity index (χ0) is 19.4. The standard InChI is InChI=1S/C20H20BrN3O2S/c1-13-4-9-18(14(2)10-13)26-11-19-22-23-20(24(19)3)27-12-17(25)15-5-7-16(21)8-6-15/h4-10H,11-12H2,1-3H3. The lowest BCUT2D eigenvalue weighted by molar-refractivity contribution is 0.102. The Morgan fingerprint density at radius 1 is 1.15 bits per heavy atom. The quantitative estimate of drug-likeness (QED) is 0.387. The molecular weight excluding hydrogens is 426 g/mol. The zero-order valence-corrected chi connectivity index (χ0v) is 17.8. The minimum Gasteiger partial charge on any atom is -0.485 e. The molecule has 0 N–H and O–H groups in total. The molecule has 0 fully saturated rings. The van der Waals surface area contributed by atoms with Gasteiger partial charge < -0.3 is 9.30 Å². The van der Waals surface area contributed by atoms with Crippen molar-refractivity contribution in [2.45, 2.75) is 25.6 Å².